The summed E-state index contributed by atoms with van der Waals surface area (Å²) in [6, 6.07) is 0.368. The Hall–Kier alpha value is -0.740. The molecule has 2 heterocycles. The topological polar surface area (TPSA) is 39.1 Å². The molecule has 0 spiro atoms. The van der Waals surface area contributed by atoms with Crippen LogP contribution in [0.1, 0.15) is 44.6 Å². The van der Waals surface area contributed by atoms with Crippen molar-refractivity contribution in [2.24, 2.45) is 0 Å². The smallest absolute Gasteiger partial charge is 0.176 e. The molecule has 2 aliphatic rings. The molecule has 0 aromatic carbocycles. The molecule has 1 saturated carbocycles. The summed E-state index contributed by atoms with van der Waals surface area (Å²) in [6.45, 7) is 2.05. The fourth-order valence-corrected chi connectivity index (χ4v) is 3.17. The fraction of sp³-hybridized carbons (Fsp3) is 0.769. The van der Waals surface area contributed by atoms with Crippen molar-refractivity contribution in [2.75, 3.05) is 13.1 Å². The van der Waals surface area contributed by atoms with Crippen LogP contribution >= 0.6 is 11.6 Å². The van der Waals surface area contributed by atoms with Crippen LogP contribution in [0.4, 0.5) is 0 Å². The predicted octanol–water partition coefficient (Wildman–Crippen LogP) is 2.78. The minimum Gasteiger partial charge on any atom is -0.486 e. The van der Waals surface area contributed by atoms with Crippen LogP contribution < -0.4 is 10.1 Å². The third-order valence-corrected chi connectivity index (χ3v) is 4.28. The standard InChI is InChI=1S/C13H20ClN3O/c14-13-12(18-11-5-1-2-6-11)9-16-17(13)10-4-3-7-15-8-10/h9-11,15H,1-8H2. The van der Waals surface area contributed by atoms with Gasteiger partial charge in [0.25, 0.3) is 0 Å². The Bertz CT molecular complexity index is 395. The molecule has 1 N–H and O–H groups in total. The van der Waals surface area contributed by atoms with Gasteiger partial charge in [-0.05, 0) is 45.1 Å². The lowest BCUT2D eigenvalue weighted by Gasteiger charge is -2.23. The lowest BCUT2D eigenvalue weighted by Crippen LogP contribution is -2.32. The molecule has 1 aromatic heterocycles. The zero-order valence-electron chi connectivity index (χ0n) is 10.6. The Balaban J connectivity index is 1.70. The van der Waals surface area contributed by atoms with Gasteiger partial charge in [-0.2, -0.15) is 5.10 Å². The average molecular weight is 270 g/mol. The quantitative estimate of drug-likeness (QED) is 0.917. The Labute approximate surface area is 113 Å². The van der Waals surface area contributed by atoms with E-state index >= 15 is 0 Å². The van der Waals surface area contributed by atoms with Crippen molar-refractivity contribution in [1.29, 1.82) is 0 Å². The molecule has 0 radical (unpaired) electrons. The normalized spacial score (nSPS) is 25.5. The Morgan fingerprint density at radius 2 is 2.11 bits per heavy atom. The van der Waals surface area contributed by atoms with Gasteiger partial charge in [0.1, 0.15) is 0 Å². The van der Waals surface area contributed by atoms with Crippen molar-refractivity contribution < 1.29 is 4.74 Å². The molecule has 1 aliphatic carbocycles. The number of rotatable bonds is 3. The largest absolute Gasteiger partial charge is 0.486 e. The molecule has 3 rings (SSSR count). The first kappa shape index (κ1) is 12.3. The lowest BCUT2D eigenvalue weighted by atomic mass is 10.1. The highest BCUT2D eigenvalue weighted by atomic mass is 35.5. The molecule has 5 heteroatoms. The SMILES string of the molecule is Clc1c(OC2CCCC2)cnn1C1CCCNC1. The van der Waals surface area contributed by atoms with Crippen LogP contribution in [0.2, 0.25) is 5.15 Å². The van der Waals surface area contributed by atoms with Gasteiger partial charge in [-0.1, -0.05) is 11.6 Å². The number of hydrogen-bond acceptors (Lipinski definition) is 3. The fourth-order valence-electron chi connectivity index (χ4n) is 2.89. The molecule has 1 atom stereocenters. The number of nitrogens with one attached hydrogen (secondary N) is 1. The highest BCUT2D eigenvalue weighted by Gasteiger charge is 2.23. The molecule has 18 heavy (non-hydrogen) atoms. The molecule has 1 unspecified atom stereocenters. The molecule has 100 valence electrons. The number of hydrogen-bond donors (Lipinski definition) is 1. The highest BCUT2D eigenvalue weighted by molar-refractivity contribution is 6.31. The summed E-state index contributed by atoms with van der Waals surface area (Å²) in [5, 5.41) is 8.45. The van der Waals surface area contributed by atoms with Crippen LogP contribution in [0.15, 0.2) is 6.20 Å². The number of nitrogens with zero attached hydrogens (tertiary/aromatic N) is 2. The van der Waals surface area contributed by atoms with Crippen molar-refractivity contribution in [2.45, 2.75) is 50.7 Å². The molecule has 1 saturated heterocycles. The van der Waals surface area contributed by atoms with Crippen LogP contribution in [0.5, 0.6) is 5.75 Å². The van der Waals surface area contributed by atoms with E-state index in [1.807, 2.05) is 4.68 Å². The van der Waals surface area contributed by atoms with Crippen molar-refractivity contribution >= 4 is 11.6 Å². The first-order valence-corrected chi connectivity index (χ1v) is 7.33. The van der Waals surface area contributed by atoms with Crippen molar-refractivity contribution in [3.05, 3.63) is 11.3 Å². The molecule has 0 amide bonds. The zero-order valence-corrected chi connectivity index (χ0v) is 11.3. The number of piperidine rings is 1. The molecule has 0 bridgehead atoms. The van der Waals surface area contributed by atoms with Gasteiger partial charge in [-0.15, -0.1) is 0 Å². The first-order chi connectivity index (χ1) is 8.84. The van der Waals surface area contributed by atoms with E-state index in [0.717, 1.165) is 38.1 Å². The maximum atomic E-state index is 6.38. The average Bonchev–Trinajstić information content (AvgIpc) is 3.03. The molecular formula is C13H20ClN3O. The molecule has 4 nitrogen and oxygen atoms in total. The van der Waals surface area contributed by atoms with Crippen LogP contribution in [-0.4, -0.2) is 29.0 Å². The van der Waals surface area contributed by atoms with Gasteiger partial charge in [0, 0.05) is 6.54 Å². The van der Waals surface area contributed by atoms with Gasteiger partial charge >= 0.3 is 0 Å². The monoisotopic (exact) mass is 269 g/mol. The van der Waals surface area contributed by atoms with Crippen LogP contribution in [0.25, 0.3) is 0 Å². The minimum atomic E-state index is 0.338. The van der Waals surface area contributed by atoms with Gasteiger partial charge in [-0.3, -0.25) is 0 Å². The first-order valence-electron chi connectivity index (χ1n) is 6.95. The second-order valence-electron chi connectivity index (χ2n) is 5.27. The highest BCUT2D eigenvalue weighted by Crippen LogP contribution is 2.32. The minimum absolute atomic E-state index is 0.338. The van der Waals surface area contributed by atoms with Gasteiger partial charge in [-0.25, -0.2) is 4.68 Å². The Morgan fingerprint density at radius 3 is 2.83 bits per heavy atom. The van der Waals surface area contributed by atoms with Crippen molar-refractivity contribution in [3.8, 4) is 5.75 Å². The van der Waals surface area contributed by atoms with Crippen molar-refractivity contribution in [3.63, 3.8) is 0 Å². The van der Waals surface area contributed by atoms with Crippen molar-refractivity contribution in [1.82, 2.24) is 15.1 Å². The second kappa shape index (κ2) is 5.49. The van der Waals surface area contributed by atoms with Crippen LogP contribution in [-0.2, 0) is 0 Å². The summed E-state index contributed by atoms with van der Waals surface area (Å²) in [4.78, 5) is 0. The van der Waals surface area contributed by atoms with E-state index in [0.29, 0.717) is 17.3 Å². The summed E-state index contributed by atoms with van der Waals surface area (Å²) in [5.74, 6) is 0.758. The maximum absolute atomic E-state index is 6.38. The van der Waals surface area contributed by atoms with Crippen LogP contribution in [0, 0.1) is 0 Å². The molecular weight excluding hydrogens is 250 g/mol. The van der Waals surface area contributed by atoms with Gasteiger partial charge in [0.2, 0.25) is 0 Å². The Morgan fingerprint density at radius 1 is 1.28 bits per heavy atom. The Kier molecular flexibility index (Phi) is 3.75. The van der Waals surface area contributed by atoms with Gasteiger partial charge < -0.3 is 10.1 Å². The molecule has 2 fully saturated rings. The van der Waals surface area contributed by atoms with E-state index in [1.165, 1.54) is 19.3 Å². The third kappa shape index (κ3) is 2.50. The predicted molar refractivity (Wildman–Crippen MR) is 71.3 cm³/mol. The third-order valence-electron chi connectivity index (χ3n) is 3.92. The van der Waals surface area contributed by atoms with Gasteiger partial charge in [0.15, 0.2) is 10.9 Å². The summed E-state index contributed by atoms with van der Waals surface area (Å²) in [7, 11) is 0. The second-order valence-corrected chi connectivity index (χ2v) is 5.63. The van der Waals surface area contributed by atoms with E-state index in [4.69, 9.17) is 16.3 Å². The van der Waals surface area contributed by atoms with E-state index < -0.39 is 0 Å². The number of aromatic nitrogens is 2. The zero-order chi connectivity index (χ0) is 12.4. The summed E-state index contributed by atoms with van der Waals surface area (Å²) < 4.78 is 7.86. The maximum Gasteiger partial charge on any atom is 0.176 e. The van der Waals surface area contributed by atoms with E-state index in [9.17, 15) is 0 Å². The van der Waals surface area contributed by atoms with E-state index in [2.05, 4.69) is 10.4 Å². The summed E-state index contributed by atoms with van der Waals surface area (Å²) in [5.41, 5.74) is 0. The van der Waals surface area contributed by atoms with E-state index in [-0.39, 0.29) is 0 Å². The number of halogens is 1. The van der Waals surface area contributed by atoms with E-state index in [1.54, 1.807) is 6.20 Å². The van der Waals surface area contributed by atoms with Crippen LogP contribution in [0.3, 0.4) is 0 Å². The molecule has 1 aromatic rings. The summed E-state index contributed by atoms with van der Waals surface area (Å²) in [6.07, 6.45) is 9.25. The molecule has 1 aliphatic heterocycles. The van der Waals surface area contributed by atoms with Gasteiger partial charge in [0.05, 0.1) is 18.3 Å². The number of ether oxygens (including phenoxy) is 1. The lowest BCUT2D eigenvalue weighted by molar-refractivity contribution is 0.209. The summed E-state index contributed by atoms with van der Waals surface area (Å²) >= 11 is 6.38.